The maximum atomic E-state index is 12.0. The van der Waals surface area contributed by atoms with Gasteiger partial charge in [-0.05, 0) is 56.0 Å². The molecule has 3 nitrogen and oxygen atoms in total. The van der Waals surface area contributed by atoms with Gasteiger partial charge in [-0.15, -0.1) is 11.3 Å². The number of amides is 1. The lowest BCUT2D eigenvalue weighted by atomic mass is 10.1. The van der Waals surface area contributed by atoms with Gasteiger partial charge in [0.25, 0.3) is 5.91 Å². The third-order valence-electron chi connectivity index (χ3n) is 2.74. The molecule has 0 radical (unpaired) electrons. The van der Waals surface area contributed by atoms with Crippen LogP contribution in [0.2, 0.25) is 0 Å². The fraction of sp³-hybridized carbons (Fsp3) is 0.214. The average molecular weight is 419 g/mol. The molecule has 0 bridgehead atoms. The summed E-state index contributed by atoms with van der Waals surface area (Å²) in [6.45, 7) is 0.576. The number of hydrogen-bond acceptors (Lipinski definition) is 3. The van der Waals surface area contributed by atoms with Crippen LogP contribution in [0.4, 0.5) is 0 Å². The van der Waals surface area contributed by atoms with Crippen molar-refractivity contribution in [2.45, 2.75) is 6.42 Å². The lowest BCUT2D eigenvalue weighted by Gasteiger charge is -2.08. The highest BCUT2D eigenvalue weighted by atomic mass is 79.9. The van der Waals surface area contributed by atoms with Gasteiger partial charge in [-0.25, -0.2) is 0 Å². The first-order valence-electron chi connectivity index (χ1n) is 5.96. The zero-order valence-electron chi connectivity index (χ0n) is 10.8. The number of thiophene rings is 1. The molecule has 2 aromatic rings. The minimum Gasteiger partial charge on any atom is -0.496 e. The van der Waals surface area contributed by atoms with Crippen LogP contribution in [0.15, 0.2) is 38.6 Å². The van der Waals surface area contributed by atoms with Gasteiger partial charge in [-0.3, -0.25) is 4.79 Å². The second kappa shape index (κ2) is 7.24. The van der Waals surface area contributed by atoms with E-state index in [4.69, 9.17) is 4.74 Å². The van der Waals surface area contributed by atoms with Crippen molar-refractivity contribution in [2.75, 3.05) is 13.7 Å². The normalized spacial score (nSPS) is 10.3. The maximum absolute atomic E-state index is 12.0. The number of hydrogen-bond donors (Lipinski definition) is 1. The van der Waals surface area contributed by atoms with Crippen LogP contribution >= 0.6 is 43.2 Å². The van der Waals surface area contributed by atoms with E-state index in [-0.39, 0.29) is 5.91 Å². The molecule has 1 amide bonds. The molecule has 106 valence electrons. The Kier molecular flexibility index (Phi) is 5.63. The van der Waals surface area contributed by atoms with Gasteiger partial charge in [-0.1, -0.05) is 18.2 Å². The standard InChI is InChI=1S/C14H13Br2NO2S/c1-19-11-5-3-2-4-9(11)6-7-17-14(18)12-8-10(15)13(16)20-12/h2-5,8H,6-7H2,1H3,(H,17,18). The first kappa shape index (κ1) is 15.5. The fourth-order valence-corrected chi connectivity index (χ4v) is 3.72. The molecular weight excluding hydrogens is 406 g/mol. The quantitative estimate of drug-likeness (QED) is 0.787. The van der Waals surface area contributed by atoms with Gasteiger partial charge in [0.15, 0.2) is 0 Å². The number of ether oxygens (including phenoxy) is 1. The third kappa shape index (κ3) is 3.84. The molecule has 1 aromatic carbocycles. The van der Waals surface area contributed by atoms with Crippen molar-refractivity contribution in [1.29, 1.82) is 0 Å². The zero-order valence-corrected chi connectivity index (χ0v) is 14.8. The number of carbonyl (C=O) groups is 1. The number of rotatable bonds is 5. The SMILES string of the molecule is COc1ccccc1CCNC(=O)c1cc(Br)c(Br)s1. The van der Waals surface area contributed by atoms with Crippen molar-refractivity contribution in [1.82, 2.24) is 5.32 Å². The van der Waals surface area contributed by atoms with Gasteiger partial charge in [0.05, 0.1) is 15.8 Å². The highest BCUT2D eigenvalue weighted by molar-refractivity contribution is 9.13. The maximum Gasteiger partial charge on any atom is 0.261 e. The Bertz CT molecular complexity index is 593. The van der Waals surface area contributed by atoms with E-state index in [0.29, 0.717) is 11.4 Å². The van der Waals surface area contributed by atoms with E-state index in [1.54, 1.807) is 7.11 Å². The summed E-state index contributed by atoms with van der Waals surface area (Å²) in [6.07, 6.45) is 0.740. The van der Waals surface area contributed by atoms with Crippen LogP contribution in [0.5, 0.6) is 5.75 Å². The number of benzene rings is 1. The van der Waals surface area contributed by atoms with E-state index in [1.807, 2.05) is 30.3 Å². The topological polar surface area (TPSA) is 38.3 Å². The molecule has 6 heteroatoms. The molecule has 0 unspecified atom stereocenters. The Morgan fingerprint density at radius 2 is 2.10 bits per heavy atom. The highest BCUT2D eigenvalue weighted by Crippen LogP contribution is 2.32. The van der Waals surface area contributed by atoms with Crippen molar-refractivity contribution in [3.05, 3.63) is 49.0 Å². The summed E-state index contributed by atoms with van der Waals surface area (Å²) in [5.41, 5.74) is 1.09. The van der Waals surface area contributed by atoms with Crippen LogP contribution in [-0.4, -0.2) is 19.6 Å². The predicted octanol–water partition coefficient (Wildman–Crippen LogP) is 4.25. The van der Waals surface area contributed by atoms with Gasteiger partial charge >= 0.3 is 0 Å². The van der Waals surface area contributed by atoms with Crippen molar-refractivity contribution >= 4 is 49.1 Å². The zero-order chi connectivity index (χ0) is 14.5. The molecular formula is C14H13Br2NO2S. The molecule has 2 rings (SSSR count). The summed E-state index contributed by atoms with van der Waals surface area (Å²) in [5.74, 6) is 0.791. The van der Waals surface area contributed by atoms with Gasteiger partial charge in [-0.2, -0.15) is 0 Å². The highest BCUT2D eigenvalue weighted by Gasteiger charge is 2.11. The second-order valence-corrected chi connectivity index (χ2v) is 7.27. The van der Waals surface area contributed by atoms with Gasteiger partial charge in [0, 0.05) is 11.0 Å². The van der Waals surface area contributed by atoms with Crippen LogP contribution in [0.25, 0.3) is 0 Å². The minimum atomic E-state index is -0.0590. The summed E-state index contributed by atoms with van der Waals surface area (Å²) < 4.78 is 7.11. The van der Waals surface area contributed by atoms with E-state index >= 15 is 0 Å². The fourth-order valence-electron chi connectivity index (χ4n) is 1.77. The minimum absolute atomic E-state index is 0.0590. The molecule has 20 heavy (non-hydrogen) atoms. The summed E-state index contributed by atoms with van der Waals surface area (Å²) in [7, 11) is 1.65. The summed E-state index contributed by atoms with van der Waals surface area (Å²) in [4.78, 5) is 12.7. The van der Waals surface area contributed by atoms with E-state index in [2.05, 4.69) is 37.2 Å². The monoisotopic (exact) mass is 417 g/mol. The van der Waals surface area contributed by atoms with Crippen LogP contribution in [0.1, 0.15) is 15.2 Å². The summed E-state index contributed by atoms with van der Waals surface area (Å²) in [5, 5.41) is 2.91. The van der Waals surface area contributed by atoms with Crippen LogP contribution in [0.3, 0.4) is 0 Å². The van der Waals surface area contributed by atoms with Gasteiger partial charge < -0.3 is 10.1 Å². The average Bonchev–Trinajstić information content (AvgIpc) is 2.79. The van der Waals surface area contributed by atoms with Crippen molar-refractivity contribution < 1.29 is 9.53 Å². The molecule has 0 spiro atoms. The summed E-state index contributed by atoms with van der Waals surface area (Å²) in [6, 6.07) is 9.63. The molecule has 0 saturated heterocycles. The van der Waals surface area contributed by atoms with E-state index in [1.165, 1.54) is 11.3 Å². The van der Waals surface area contributed by atoms with Crippen LogP contribution in [-0.2, 0) is 6.42 Å². The molecule has 1 heterocycles. The number of halogens is 2. The Morgan fingerprint density at radius 1 is 1.35 bits per heavy atom. The first-order valence-corrected chi connectivity index (χ1v) is 8.37. The molecule has 1 N–H and O–H groups in total. The lowest BCUT2D eigenvalue weighted by Crippen LogP contribution is -2.24. The van der Waals surface area contributed by atoms with Crippen LogP contribution < -0.4 is 10.1 Å². The van der Waals surface area contributed by atoms with E-state index < -0.39 is 0 Å². The molecule has 1 aromatic heterocycles. The Balaban J connectivity index is 1.91. The number of nitrogens with one attached hydrogen (secondary N) is 1. The number of para-hydroxylation sites is 1. The van der Waals surface area contributed by atoms with E-state index in [9.17, 15) is 4.79 Å². The summed E-state index contributed by atoms with van der Waals surface area (Å²) >= 11 is 8.17. The molecule has 0 aliphatic heterocycles. The molecule has 0 atom stereocenters. The smallest absolute Gasteiger partial charge is 0.261 e. The molecule has 0 fully saturated rings. The Labute approximate surface area is 138 Å². The lowest BCUT2D eigenvalue weighted by molar-refractivity contribution is 0.0958. The Hall–Kier alpha value is -0.850. The van der Waals surface area contributed by atoms with Crippen LogP contribution in [0, 0.1) is 0 Å². The van der Waals surface area contributed by atoms with Crippen molar-refractivity contribution in [3.63, 3.8) is 0 Å². The number of carbonyl (C=O) groups excluding carboxylic acids is 1. The predicted molar refractivity (Wildman–Crippen MR) is 88.8 cm³/mol. The largest absolute Gasteiger partial charge is 0.496 e. The Morgan fingerprint density at radius 3 is 2.75 bits per heavy atom. The molecule has 0 saturated carbocycles. The number of methoxy groups -OCH3 is 1. The van der Waals surface area contributed by atoms with Crippen molar-refractivity contribution in [2.24, 2.45) is 0 Å². The van der Waals surface area contributed by atoms with Gasteiger partial charge in [0.1, 0.15) is 5.75 Å². The van der Waals surface area contributed by atoms with Crippen molar-refractivity contribution in [3.8, 4) is 5.75 Å². The van der Waals surface area contributed by atoms with E-state index in [0.717, 1.165) is 26.0 Å². The first-order chi connectivity index (χ1) is 9.61. The molecule has 0 aliphatic rings. The second-order valence-electron chi connectivity index (χ2n) is 4.05. The molecule has 0 aliphatic carbocycles. The third-order valence-corrected chi connectivity index (χ3v) is 6.00. The van der Waals surface area contributed by atoms with Gasteiger partial charge in [0.2, 0.25) is 0 Å².